The van der Waals surface area contributed by atoms with Crippen LogP contribution in [0.3, 0.4) is 0 Å². The monoisotopic (exact) mass is 446 g/mol. The van der Waals surface area contributed by atoms with Crippen LogP contribution in [0.2, 0.25) is 0 Å². The van der Waals surface area contributed by atoms with Crippen molar-refractivity contribution in [3.05, 3.63) is 12.7 Å². The Morgan fingerprint density at radius 2 is 1.97 bits per heavy atom. The van der Waals surface area contributed by atoms with Crippen molar-refractivity contribution in [3.63, 3.8) is 0 Å². The van der Waals surface area contributed by atoms with Crippen LogP contribution in [0.1, 0.15) is 27.0 Å². The Morgan fingerprint density at radius 3 is 2.59 bits per heavy atom. The Kier molecular flexibility index (Phi) is 7.18. The molecular weight excluding hydrogens is 419 g/mol. The smallest absolute Gasteiger partial charge is 0.325 e. The van der Waals surface area contributed by atoms with E-state index >= 15 is 0 Å². The van der Waals surface area contributed by atoms with E-state index < -0.39 is 31.3 Å². The first kappa shape index (κ1) is 22.4. The number of hydrogen-bond donors (Lipinski definition) is 3. The molecule has 2 aliphatic heterocycles. The van der Waals surface area contributed by atoms with Crippen molar-refractivity contribution in [3.8, 4) is 0 Å². The first-order chi connectivity index (χ1) is 13.8. The number of ether oxygens (including phenoxy) is 1. The third kappa shape index (κ3) is 4.75. The van der Waals surface area contributed by atoms with E-state index in [1.165, 1.54) is 32.3 Å². The summed E-state index contributed by atoms with van der Waals surface area (Å²) in [7, 11) is 0. The molecule has 2 saturated heterocycles. The Bertz CT molecular complexity index is 875. The lowest BCUT2D eigenvalue weighted by Gasteiger charge is -2.30. The Labute approximate surface area is 174 Å². The fraction of sp³-hybridized carbons (Fsp3) is 0.688. The molecule has 0 bridgehead atoms. The molecule has 4 N–H and O–H groups in total. The summed E-state index contributed by atoms with van der Waals surface area (Å²) in [5.74, 6) is 0.235. The maximum absolute atomic E-state index is 10.4. The summed E-state index contributed by atoms with van der Waals surface area (Å²) >= 11 is 4.80. The summed E-state index contributed by atoms with van der Waals surface area (Å²) in [4.78, 5) is 24.2. The highest BCUT2D eigenvalue weighted by molar-refractivity contribution is 8.07. The third-order valence-electron chi connectivity index (χ3n) is 4.97. The van der Waals surface area contributed by atoms with Gasteiger partial charge in [0.2, 0.25) is 0 Å². The standard InChI is InChI=1S/C10H12N5O5PS.C6H15N/c11-8-5-9(13-2-12-8)15(3-14-5)10-6(16)7-4(19-10)1-18-21(17,22)20-7;1-4-7(5-2)6-3/h2-4,6-7,10,16H,1H2,(H,17,22)(H2,11,12,13);4-6H2,1-3H3/t4-,6?,7+,10?,21?;/m0./s1. The van der Waals surface area contributed by atoms with Crippen molar-refractivity contribution in [2.24, 2.45) is 0 Å². The molecule has 5 atom stereocenters. The second kappa shape index (κ2) is 9.27. The number of aliphatic hydroxyl groups is 1. The normalized spacial score (nSPS) is 31.5. The number of anilines is 1. The Morgan fingerprint density at radius 1 is 1.28 bits per heavy atom. The molecule has 0 amide bonds. The van der Waals surface area contributed by atoms with Crippen LogP contribution in [-0.4, -0.2) is 79.0 Å². The highest BCUT2D eigenvalue weighted by atomic mass is 32.5. The molecule has 162 valence electrons. The molecule has 0 aromatic carbocycles. The van der Waals surface area contributed by atoms with Crippen molar-refractivity contribution in [1.29, 1.82) is 0 Å². The molecule has 0 saturated carbocycles. The SMILES string of the molecule is CCN(CC)CC.Nc1ncnc2c1ncn2C1O[C@H]2COP(O)(=S)O[C@H]2C1O. The molecule has 2 aromatic rings. The molecule has 0 radical (unpaired) electrons. The summed E-state index contributed by atoms with van der Waals surface area (Å²) in [6.45, 7) is 6.85. The van der Waals surface area contributed by atoms with Gasteiger partial charge >= 0.3 is 6.72 Å². The topological polar surface area (TPSA) is 141 Å². The van der Waals surface area contributed by atoms with Gasteiger partial charge in [0, 0.05) is 0 Å². The predicted octanol–water partition coefficient (Wildman–Crippen LogP) is 0.647. The minimum atomic E-state index is -3.33. The van der Waals surface area contributed by atoms with Gasteiger partial charge in [-0.25, -0.2) is 15.0 Å². The van der Waals surface area contributed by atoms with Gasteiger partial charge in [0.1, 0.15) is 30.2 Å². The van der Waals surface area contributed by atoms with E-state index in [1.807, 2.05) is 0 Å². The van der Waals surface area contributed by atoms with E-state index in [1.54, 1.807) is 4.57 Å². The number of imidazole rings is 1. The summed E-state index contributed by atoms with van der Waals surface area (Å²) in [5, 5.41) is 10.4. The van der Waals surface area contributed by atoms with Gasteiger partial charge in [-0.05, 0) is 31.4 Å². The first-order valence-corrected chi connectivity index (χ1v) is 12.0. The molecule has 4 rings (SSSR count). The molecule has 2 aliphatic rings. The number of nitrogens with two attached hydrogens (primary N) is 1. The van der Waals surface area contributed by atoms with Crippen LogP contribution in [0.15, 0.2) is 12.7 Å². The molecule has 4 heterocycles. The van der Waals surface area contributed by atoms with Crippen LogP contribution in [0.5, 0.6) is 0 Å². The van der Waals surface area contributed by atoms with Gasteiger partial charge in [0.15, 0.2) is 17.7 Å². The number of aromatic nitrogens is 4. The molecule has 0 spiro atoms. The minimum absolute atomic E-state index is 0.0513. The number of fused-ring (bicyclic) bond motifs is 2. The fourth-order valence-electron chi connectivity index (χ4n) is 3.29. The lowest BCUT2D eigenvalue weighted by molar-refractivity contribution is -0.0593. The molecule has 3 unspecified atom stereocenters. The second-order valence-corrected chi connectivity index (χ2v) is 9.38. The second-order valence-electron chi connectivity index (χ2n) is 6.59. The van der Waals surface area contributed by atoms with Gasteiger partial charge in [-0.3, -0.25) is 9.09 Å². The highest BCUT2D eigenvalue weighted by Gasteiger charge is 2.51. The molecule has 11 nitrogen and oxygen atoms in total. The number of aliphatic hydroxyl groups excluding tert-OH is 1. The number of nitrogens with zero attached hydrogens (tertiary/aromatic N) is 5. The Balaban J connectivity index is 0.000000298. The summed E-state index contributed by atoms with van der Waals surface area (Å²) in [5.41, 5.74) is 6.58. The van der Waals surface area contributed by atoms with E-state index in [0.717, 1.165) is 0 Å². The van der Waals surface area contributed by atoms with Crippen LogP contribution in [0.25, 0.3) is 11.2 Å². The maximum atomic E-state index is 10.4. The van der Waals surface area contributed by atoms with Crippen LogP contribution in [0.4, 0.5) is 5.82 Å². The van der Waals surface area contributed by atoms with Crippen molar-refractivity contribution in [1.82, 2.24) is 24.4 Å². The van der Waals surface area contributed by atoms with Crippen molar-refractivity contribution < 1.29 is 23.8 Å². The zero-order valence-electron chi connectivity index (χ0n) is 16.6. The van der Waals surface area contributed by atoms with Crippen LogP contribution >= 0.6 is 6.72 Å². The summed E-state index contributed by atoms with van der Waals surface area (Å²) in [6, 6.07) is 0. The molecule has 13 heteroatoms. The predicted molar refractivity (Wildman–Crippen MR) is 110 cm³/mol. The van der Waals surface area contributed by atoms with Gasteiger partial charge in [-0.2, -0.15) is 0 Å². The summed E-state index contributed by atoms with van der Waals surface area (Å²) in [6.07, 6.45) is -0.414. The quantitative estimate of drug-likeness (QED) is 0.570. The van der Waals surface area contributed by atoms with Gasteiger partial charge in [-0.1, -0.05) is 20.8 Å². The largest absolute Gasteiger partial charge is 0.386 e. The maximum Gasteiger partial charge on any atom is 0.325 e. The van der Waals surface area contributed by atoms with Gasteiger partial charge in [0.25, 0.3) is 0 Å². The van der Waals surface area contributed by atoms with E-state index in [2.05, 4.69) is 40.6 Å². The van der Waals surface area contributed by atoms with Crippen LogP contribution in [-0.2, 0) is 25.6 Å². The molecule has 0 aliphatic carbocycles. The van der Waals surface area contributed by atoms with Crippen molar-refractivity contribution >= 4 is 35.5 Å². The summed E-state index contributed by atoms with van der Waals surface area (Å²) < 4.78 is 17.6. The van der Waals surface area contributed by atoms with E-state index in [9.17, 15) is 10.00 Å². The van der Waals surface area contributed by atoms with Gasteiger partial charge in [0.05, 0.1) is 12.9 Å². The average Bonchev–Trinajstić information content (AvgIpc) is 3.25. The molecular formula is C16H27N6O5PS. The fourth-order valence-corrected chi connectivity index (χ4v) is 4.74. The Hall–Kier alpha value is -1.24. The van der Waals surface area contributed by atoms with Crippen LogP contribution < -0.4 is 5.73 Å². The molecule has 29 heavy (non-hydrogen) atoms. The number of rotatable bonds is 4. The molecule has 2 fully saturated rings. The zero-order chi connectivity index (χ0) is 21.2. The van der Waals surface area contributed by atoms with Crippen LogP contribution in [0, 0.1) is 0 Å². The van der Waals surface area contributed by atoms with Gasteiger partial charge < -0.3 is 29.9 Å². The first-order valence-electron chi connectivity index (χ1n) is 9.45. The number of nitrogen functional groups attached to an aromatic ring is 1. The lowest BCUT2D eigenvalue weighted by Crippen LogP contribution is -2.39. The van der Waals surface area contributed by atoms with E-state index in [0.29, 0.717) is 11.2 Å². The van der Waals surface area contributed by atoms with Crippen molar-refractivity contribution in [2.75, 3.05) is 32.0 Å². The average molecular weight is 446 g/mol. The molecule has 2 aromatic heterocycles. The van der Waals surface area contributed by atoms with E-state index in [-0.39, 0.29) is 12.4 Å². The zero-order valence-corrected chi connectivity index (χ0v) is 18.3. The highest BCUT2D eigenvalue weighted by Crippen LogP contribution is 2.52. The minimum Gasteiger partial charge on any atom is -0.386 e. The van der Waals surface area contributed by atoms with Crippen molar-refractivity contribution in [2.45, 2.75) is 45.3 Å². The third-order valence-corrected chi connectivity index (χ3v) is 6.53. The van der Waals surface area contributed by atoms with E-state index in [4.69, 9.17) is 31.3 Å². The lowest BCUT2D eigenvalue weighted by atomic mass is 10.1. The van der Waals surface area contributed by atoms with Gasteiger partial charge in [-0.15, -0.1) is 0 Å². The number of hydrogen-bond acceptors (Lipinski definition) is 10.